The minimum Gasteiger partial charge on any atom is -0.348 e. The Morgan fingerprint density at radius 3 is 2.69 bits per heavy atom. The Labute approximate surface area is 85.0 Å². The minimum atomic E-state index is -2.12. The molecular formula is C10H20N2O. The second-order valence-corrected chi connectivity index (χ2v) is 4.02. The van der Waals surface area contributed by atoms with Crippen molar-refractivity contribution in [3.63, 3.8) is 0 Å². The zero-order valence-corrected chi connectivity index (χ0v) is 8.72. The first-order valence-corrected chi connectivity index (χ1v) is 4.22. The molecule has 0 aliphatic carbocycles. The van der Waals surface area contributed by atoms with Gasteiger partial charge >= 0.3 is 0 Å². The summed E-state index contributed by atoms with van der Waals surface area (Å²) < 4.78 is 21.3. The minimum absolute atomic E-state index is 0.216. The smallest absolute Gasteiger partial charge is 0.244 e. The Kier molecular flexibility index (Phi) is 2.92. The van der Waals surface area contributed by atoms with Crippen LogP contribution in [0.25, 0.3) is 0 Å². The van der Waals surface area contributed by atoms with Gasteiger partial charge in [0.2, 0.25) is 5.91 Å². The number of nitrogens with one attached hydrogen (secondary N) is 1. The van der Waals surface area contributed by atoms with Gasteiger partial charge in [-0.05, 0) is 34.8 Å². The molecule has 0 bridgehead atoms. The summed E-state index contributed by atoms with van der Waals surface area (Å²) in [5.41, 5.74) is -0.280. The van der Waals surface area contributed by atoms with Gasteiger partial charge in [-0.3, -0.25) is 4.79 Å². The third-order valence-corrected chi connectivity index (χ3v) is 1.15. The SMILES string of the molecule is [2H]C([2H])([2H])N(C)C/C=C/C(=O)NC(C)(C)C. The quantitative estimate of drug-likeness (QED) is 0.669. The molecule has 0 unspecified atom stereocenters. The highest BCUT2D eigenvalue weighted by atomic mass is 16.1. The number of hydrogen-bond donors (Lipinski definition) is 1. The van der Waals surface area contributed by atoms with E-state index in [1.165, 1.54) is 24.1 Å². The summed E-state index contributed by atoms with van der Waals surface area (Å²) in [6, 6.07) is 0. The number of likely N-dealkylation sites (N-methyl/N-ethyl adjacent to an activating group) is 1. The van der Waals surface area contributed by atoms with Crippen molar-refractivity contribution in [1.82, 2.24) is 10.2 Å². The van der Waals surface area contributed by atoms with Gasteiger partial charge in [0.1, 0.15) is 0 Å². The van der Waals surface area contributed by atoms with Gasteiger partial charge in [0, 0.05) is 22.3 Å². The van der Waals surface area contributed by atoms with Crippen LogP contribution in [0.1, 0.15) is 24.9 Å². The zero-order chi connectivity index (χ0) is 13.0. The lowest BCUT2D eigenvalue weighted by molar-refractivity contribution is -0.117. The van der Waals surface area contributed by atoms with E-state index in [-0.39, 0.29) is 18.0 Å². The third kappa shape index (κ3) is 9.08. The summed E-state index contributed by atoms with van der Waals surface area (Å²) >= 11 is 0. The predicted molar refractivity (Wildman–Crippen MR) is 55.6 cm³/mol. The summed E-state index contributed by atoms with van der Waals surface area (Å²) in [6.07, 6.45) is 2.89. The number of rotatable bonds is 3. The summed E-state index contributed by atoms with van der Waals surface area (Å²) in [6.45, 7) is 3.74. The second kappa shape index (κ2) is 5.02. The van der Waals surface area contributed by atoms with Crippen molar-refractivity contribution in [2.45, 2.75) is 26.3 Å². The Morgan fingerprint density at radius 1 is 1.62 bits per heavy atom. The van der Waals surface area contributed by atoms with Crippen molar-refractivity contribution >= 4 is 5.91 Å². The van der Waals surface area contributed by atoms with E-state index in [0.717, 1.165) is 0 Å². The van der Waals surface area contributed by atoms with Gasteiger partial charge in [0.15, 0.2) is 0 Å². The molecule has 0 fully saturated rings. The van der Waals surface area contributed by atoms with Gasteiger partial charge in [0.25, 0.3) is 0 Å². The highest BCUT2D eigenvalue weighted by Crippen LogP contribution is 1.97. The normalized spacial score (nSPS) is 16.8. The molecule has 1 N–H and O–H groups in total. The molecule has 13 heavy (non-hydrogen) atoms. The Hall–Kier alpha value is -0.830. The van der Waals surface area contributed by atoms with Crippen LogP contribution in [0.2, 0.25) is 0 Å². The van der Waals surface area contributed by atoms with Crippen LogP contribution in [0.5, 0.6) is 0 Å². The van der Waals surface area contributed by atoms with Crippen molar-refractivity contribution in [3.05, 3.63) is 12.2 Å². The fourth-order valence-electron chi connectivity index (χ4n) is 0.729. The largest absolute Gasteiger partial charge is 0.348 e. The highest BCUT2D eigenvalue weighted by molar-refractivity contribution is 5.87. The average molecular weight is 187 g/mol. The van der Waals surface area contributed by atoms with Gasteiger partial charge in [0.05, 0.1) is 0 Å². The molecule has 3 nitrogen and oxygen atoms in total. The maximum atomic E-state index is 11.3. The first-order chi connectivity index (χ1) is 7.02. The maximum absolute atomic E-state index is 11.3. The van der Waals surface area contributed by atoms with E-state index >= 15 is 0 Å². The summed E-state index contributed by atoms with van der Waals surface area (Å²) in [5, 5.41) is 2.75. The maximum Gasteiger partial charge on any atom is 0.244 e. The third-order valence-electron chi connectivity index (χ3n) is 1.15. The molecular weight excluding hydrogens is 164 g/mol. The fourth-order valence-corrected chi connectivity index (χ4v) is 0.729. The van der Waals surface area contributed by atoms with Crippen molar-refractivity contribution in [3.8, 4) is 0 Å². The van der Waals surface area contributed by atoms with Gasteiger partial charge in [-0.1, -0.05) is 6.08 Å². The number of amides is 1. The monoisotopic (exact) mass is 187 g/mol. The lowest BCUT2D eigenvalue weighted by Crippen LogP contribution is -2.39. The van der Waals surface area contributed by atoms with Crippen LogP contribution in [0.4, 0.5) is 0 Å². The summed E-state index contributed by atoms with van der Waals surface area (Å²) in [5.74, 6) is -0.216. The lowest BCUT2D eigenvalue weighted by Gasteiger charge is -2.19. The van der Waals surface area contributed by atoms with Crippen LogP contribution in [0.3, 0.4) is 0 Å². The molecule has 0 rings (SSSR count). The summed E-state index contributed by atoms with van der Waals surface area (Å²) in [7, 11) is 1.49. The van der Waals surface area contributed by atoms with Crippen molar-refractivity contribution in [1.29, 1.82) is 0 Å². The van der Waals surface area contributed by atoms with Gasteiger partial charge in [-0.2, -0.15) is 0 Å². The van der Waals surface area contributed by atoms with E-state index in [1.807, 2.05) is 20.8 Å². The van der Waals surface area contributed by atoms with Crippen LogP contribution < -0.4 is 5.32 Å². The predicted octanol–water partition coefficient (Wildman–Crippen LogP) is 1.02. The Balaban J connectivity index is 4.08. The standard InChI is InChI=1S/C10H20N2O/c1-10(2,3)11-9(13)7-6-8-12(4)5/h6-7H,8H2,1-5H3,(H,11,13)/b7-6+/i4D3. The first kappa shape index (κ1) is 7.56. The number of nitrogens with zero attached hydrogens (tertiary/aromatic N) is 1. The molecule has 0 aromatic heterocycles. The molecule has 0 aliphatic rings. The Bertz CT molecular complexity index is 266. The van der Waals surface area contributed by atoms with E-state index in [9.17, 15) is 4.79 Å². The van der Waals surface area contributed by atoms with Crippen LogP contribution in [-0.4, -0.2) is 36.9 Å². The molecule has 0 aromatic carbocycles. The molecule has 3 heteroatoms. The molecule has 0 spiro atoms. The van der Waals surface area contributed by atoms with E-state index in [1.54, 1.807) is 0 Å². The number of hydrogen-bond acceptors (Lipinski definition) is 2. The van der Waals surface area contributed by atoms with Crippen molar-refractivity contribution in [2.24, 2.45) is 0 Å². The van der Waals surface area contributed by atoms with Crippen LogP contribution >= 0.6 is 0 Å². The number of carbonyl (C=O) groups excluding carboxylic acids is 1. The lowest BCUT2D eigenvalue weighted by atomic mass is 10.1. The summed E-state index contributed by atoms with van der Waals surface area (Å²) in [4.78, 5) is 12.5. The molecule has 0 radical (unpaired) electrons. The van der Waals surface area contributed by atoms with Gasteiger partial charge in [-0.15, -0.1) is 0 Å². The van der Waals surface area contributed by atoms with E-state index in [2.05, 4.69) is 5.32 Å². The molecule has 76 valence electrons. The van der Waals surface area contributed by atoms with Gasteiger partial charge in [-0.25, -0.2) is 0 Å². The molecule has 0 aromatic rings. The van der Waals surface area contributed by atoms with Crippen LogP contribution in [-0.2, 0) is 4.79 Å². The first-order valence-electron chi connectivity index (χ1n) is 5.72. The van der Waals surface area contributed by atoms with Crippen molar-refractivity contribution in [2.75, 3.05) is 20.6 Å². The zero-order valence-electron chi connectivity index (χ0n) is 11.7. The van der Waals surface area contributed by atoms with E-state index < -0.39 is 6.98 Å². The van der Waals surface area contributed by atoms with Crippen LogP contribution in [0, 0.1) is 0 Å². The van der Waals surface area contributed by atoms with Crippen molar-refractivity contribution < 1.29 is 8.91 Å². The second-order valence-electron chi connectivity index (χ2n) is 4.02. The average Bonchev–Trinajstić information content (AvgIpc) is 1.98. The van der Waals surface area contributed by atoms with Gasteiger partial charge < -0.3 is 10.2 Å². The molecule has 0 saturated carbocycles. The topological polar surface area (TPSA) is 32.3 Å². The molecule has 0 atom stereocenters. The molecule has 0 saturated heterocycles. The molecule has 1 amide bonds. The highest BCUT2D eigenvalue weighted by Gasteiger charge is 2.10. The number of carbonyl (C=O) groups is 1. The fraction of sp³-hybridized carbons (Fsp3) is 0.700. The molecule has 0 heterocycles. The Morgan fingerprint density at radius 2 is 2.23 bits per heavy atom. The van der Waals surface area contributed by atoms with Crippen LogP contribution in [0.15, 0.2) is 12.2 Å². The van der Waals surface area contributed by atoms with E-state index in [4.69, 9.17) is 4.11 Å². The molecule has 0 aliphatic heterocycles. The van der Waals surface area contributed by atoms with E-state index in [0.29, 0.717) is 0 Å².